The Kier molecular flexibility index (Phi) is 3.93. The first kappa shape index (κ1) is 14.4. The topological polar surface area (TPSA) is 41.1 Å². The van der Waals surface area contributed by atoms with E-state index in [0.29, 0.717) is 11.5 Å². The maximum atomic E-state index is 12.7. The molecule has 0 aromatic heterocycles. The predicted molar refractivity (Wildman–Crippen MR) is 76.7 cm³/mol. The Balaban J connectivity index is 1.57. The highest BCUT2D eigenvalue weighted by Crippen LogP contribution is 2.37. The molecule has 2 fully saturated rings. The maximum Gasteiger partial charge on any atom is 0.252 e. The van der Waals surface area contributed by atoms with Crippen molar-refractivity contribution < 1.29 is 13.6 Å². The van der Waals surface area contributed by atoms with Crippen LogP contribution in [0.3, 0.4) is 0 Å². The van der Waals surface area contributed by atoms with Gasteiger partial charge in [-0.15, -0.1) is 0 Å². The minimum absolute atomic E-state index is 0.244. The van der Waals surface area contributed by atoms with E-state index in [-0.39, 0.29) is 18.7 Å². The molecule has 3 nitrogen and oxygen atoms in total. The number of benzene rings is 1. The van der Waals surface area contributed by atoms with Gasteiger partial charge in [0.05, 0.1) is 0 Å². The largest absolute Gasteiger partial charge is 0.349 e. The van der Waals surface area contributed by atoms with Gasteiger partial charge in [-0.05, 0) is 49.5 Å². The number of hydrogen-bond donors (Lipinski definition) is 2. The molecule has 114 valence electrons. The standard InChI is InChI=1S/C16H20F2N2O/c17-16(18)9-14(10-16)20-15(21)13-3-1-11(2-4-13)12-5-7-19-8-6-12/h1-4,12,14,19H,5-10H2,(H,20,21). The van der Waals surface area contributed by atoms with Crippen LogP contribution < -0.4 is 10.6 Å². The molecule has 0 atom stereocenters. The number of nitrogens with one attached hydrogen (secondary N) is 2. The van der Waals surface area contributed by atoms with Crippen LogP contribution >= 0.6 is 0 Å². The fraction of sp³-hybridized carbons (Fsp3) is 0.562. The molecule has 3 rings (SSSR count). The molecule has 2 aliphatic rings. The third kappa shape index (κ3) is 3.40. The lowest BCUT2D eigenvalue weighted by Crippen LogP contribution is -2.50. The molecule has 5 heteroatoms. The Hall–Kier alpha value is -1.49. The number of amides is 1. The molecule has 1 aromatic carbocycles. The summed E-state index contributed by atoms with van der Waals surface area (Å²) in [5.74, 6) is -2.31. The molecule has 0 radical (unpaired) electrons. The van der Waals surface area contributed by atoms with Crippen molar-refractivity contribution in [1.82, 2.24) is 10.6 Å². The summed E-state index contributed by atoms with van der Waals surface area (Å²) in [5.41, 5.74) is 1.80. The molecular weight excluding hydrogens is 274 g/mol. The van der Waals surface area contributed by atoms with Crippen LogP contribution in [0.25, 0.3) is 0 Å². The highest BCUT2D eigenvalue weighted by molar-refractivity contribution is 5.94. The van der Waals surface area contributed by atoms with Gasteiger partial charge in [-0.3, -0.25) is 4.79 Å². The second-order valence-electron chi connectivity index (χ2n) is 6.08. The zero-order chi connectivity index (χ0) is 14.9. The van der Waals surface area contributed by atoms with E-state index < -0.39 is 12.0 Å². The monoisotopic (exact) mass is 294 g/mol. The highest BCUT2D eigenvalue weighted by atomic mass is 19.3. The zero-order valence-corrected chi connectivity index (χ0v) is 11.9. The van der Waals surface area contributed by atoms with Crippen molar-refractivity contribution >= 4 is 5.91 Å². The second kappa shape index (κ2) is 5.72. The van der Waals surface area contributed by atoms with Gasteiger partial charge < -0.3 is 10.6 Å². The van der Waals surface area contributed by atoms with Crippen LogP contribution in [0.2, 0.25) is 0 Å². The van der Waals surface area contributed by atoms with Gasteiger partial charge in [0.15, 0.2) is 0 Å². The quantitative estimate of drug-likeness (QED) is 0.900. The van der Waals surface area contributed by atoms with E-state index in [4.69, 9.17) is 0 Å². The Bertz CT molecular complexity index is 502. The van der Waals surface area contributed by atoms with E-state index in [1.807, 2.05) is 12.1 Å². The lowest BCUT2D eigenvalue weighted by atomic mass is 9.87. The Morgan fingerprint density at radius 2 is 1.76 bits per heavy atom. The van der Waals surface area contributed by atoms with E-state index in [1.54, 1.807) is 12.1 Å². The smallest absolute Gasteiger partial charge is 0.252 e. The first-order valence-corrected chi connectivity index (χ1v) is 7.53. The zero-order valence-electron chi connectivity index (χ0n) is 11.9. The van der Waals surface area contributed by atoms with Gasteiger partial charge in [-0.25, -0.2) is 8.78 Å². The normalized spacial score (nSPS) is 22.6. The van der Waals surface area contributed by atoms with Crippen LogP contribution in [0.5, 0.6) is 0 Å². The molecule has 2 N–H and O–H groups in total. The SMILES string of the molecule is O=C(NC1CC(F)(F)C1)c1ccc(C2CCNCC2)cc1. The van der Waals surface area contributed by atoms with Crippen LogP contribution in [-0.2, 0) is 0 Å². The molecular formula is C16H20F2N2O. The molecule has 1 aliphatic carbocycles. The number of alkyl halides is 2. The number of halogens is 2. The van der Waals surface area contributed by atoms with Gasteiger partial charge in [0.2, 0.25) is 0 Å². The summed E-state index contributed by atoms with van der Waals surface area (Å²) in [7, 11) is 0. The molecule has 0 unspecified atom stereocenters. The molecule has 1 aromatic rings. The average molecular weight is 294 g/mol. The molecule has 0 spiro atoms. The summed E-state index contributed by atoms with van der Waals surface area (Å²) in [6, 6.07) is 7.17. The predicted octanol–water partition coefficient (Wildman–Crippen LogP) is 2.68. The van der Waals surface area contributed by atoms with Crippen LogP contribution in [0, 0.1) is 0 Å². The van der Waals surface area contributed by atoms with Gasteiger partial charge in [-0.1, -0.05) is 12.1 Å². The summed E-state index contributed by atoms with van der Waals surface area (Å²) < 4.78 is 25.5. The van der Waals surface area contributed by atoms with Crippen LogP contribution in [0.4, 0.5) is 8.78 Å². The van der Waals surface area contributed by atoms with E-state index in [9.17, 15) is 13.6 Å². The van der Waals surface area contributed by atoms with Crippen molar-refractivity contribution in [1.29, 1.82) is 0 Å². The number of hydrogen-bond acceptors (Lipinski definition) is 2. The maximum absolute atomic E-state index is 12.7. The summed E-state index contributed by atoms with van der Waals surface area (Å²) >= 11 is 0. The number of carbonyl (C=O) groups is 1. The Labute approximate surface area is 123 Å². The van der Waals surface area contributed by atoms with E-state index in [2.05, 4.69) is 10.6 Å². The van der Waals surface area contributed by atoms with Crippen molar-refractivity contribution in [2.75, 3.05) is 13.1 Å². The summed E-state index contributed by atoms with van der Waals surface area (Å²) in [6.07, 6.45) is 1.74. The molecule has 0 bridgehead atoms. The third-order valence-electron chi connectivity index (χ3n) is 4.41. The lowest BCUT2D eigenvalue weighted by molar-refractivity contribution is -0.0901. The second-order valence-corrected chi connectivity index (χ2v) is 6.08. The molecule has 1 aliphatic heterocycles. The first-order chi connectivity index (χ1) is 10.0. The third-order valence-corrected chi connectivity index (χ3v) is 4.41. The summed E-state index contributed by atoms with van der Waals surface area (Å²) in [4.78, 5) is 12.0. The van der Waals surface area contributed by atoms with Crippen LogP contribution in [0.1, 0.15) is 47.5 Å². The Morgan fingerprint density at radius 1 is 1.14 bits per heavy atom. The van der Waals surface area contributed by atoms with Gasteiger partial charge in [-0.2, -0.15) is 0 Å². The first-order valence-electron chi connectivity index (χ1n) is 7.53. The van der Waals surface area contributed by atoms with Crippen molar-refractivity contribution in [2.45, 2.75) is 43.6 Å². The Morgan fingerprint density at radius 3 is 2.33 bits per heavy atom. The van der Waals surface area contributed by atoms with Crippen LogP contribution in [-0.4, -0.2) is 31.0 Å². The van der Waals surface area contributed by atoms with Crippen molar-refractivity contribution in [3.8, 4) is 0 Å². The molecule has 1 heterocycles. The van der Waals surface area contributed by atoms with E-state index in [1.165, 1.54) is 5.56 Å². The number of carbonyl (C=O) groups excluding carboxylic acids is 1. The minimum atomic E-state index is -2.60. The molecule has 1 saturated heterocycles. The number of rotatable bonds is 3. The van der Waals surface area contributed by atoms with Crippen molar-refractivity contribution in [3.63, 3.8) is 0 Å². The molecule has 21 heavy (non-hydrogen) atoms. The average Bonchev–Trinajstić information content (AvgIpc) is 2.46. The minimum Gasteiger partial charge on any atom is -0.349 e. The fourth-order valence-corrected chi connectivity index (χ4v) is 3.09. The van der Waals surface area contributed by atoms with E-state index >= 15 is 0 Å². The van der Waals surface area contributed by atoms with E-state index in [0.717, 1.165) is 25.9 Å². The lowest BCUT2D eigenvalue weighted by Gasteiger charge is -2.35. The summed E-state index contributed by atoms with van der Waals surface area (Å²) in [6.45, 7) is 2.06. The molecule has 1 saturated carbocycles. The number of piperidine rings is 1. The van der Waals surface area contributed by atoms with Gasteiger partial charge >= 0.3 is 0 Å². The van der Waals surface area contributed by atoms with Crippen molar-refractivity contribution in [2.24, 2.45) is 0 Å². The van der Waals surface area contributed by atoms with Gasteiger partial charge in [0, 0.05) is 24.4 Å². The van der Waals surface area contributed by atoms with Crippen LogP contribution in [0.15, 0.2) is 24.3 Å². The molecule has 1 amide bonds. The highest BCUT2D eigenvalue weighted by Gasteiger charge is 2.45. The van der Waals surface area contributed by atoms with Gasteiger partial charge in [0.1, 0.15) is 0 Å². The fourth-order valence-electron chi connectivity index (χ4n) is 3.09. The van der Waals surface area contributed by atoms with Gasteiger partial charge in [0.25, 0.3) is 11.8 Å². The summed E-state index contributed by atoms with van der Waals surface area (Å²) in [5, 5.41) is 5.99. The van der Waals surface area contributed by atoms with Crippen molar-refractivity contribution in [3.05, 3.63) is 35.4 Å².